The fourth-order valence-corrected chi connectivity index (χ4v) is 4.65. The van der Waals surface area contributed by atoms with E-state index in [1.165, 1.54) is 34.0 Å². The van der Waals surface area contributed by atoms with E-state index in [0.717, 1.165) is 23.8 Å². The van der Waals surface area contributed by atoms with E-state index in [9.17, 15) is 4.79 Å². The molecule has 0 saturated carbocycles. The van der Waals surface area contributed by atoms with Crippen LogP contribution in [-0.4, -0.2) is 32.2 Å². The van der Waals surface area contributed by atoms with Crippen LogP contribution in [0.1, 0.15) is 29.2 Å². The molecule has 2 heterocycles. The van der Waals surface area contributed by atoms with Gasteiger partial charge in [-0.3, -0.25) is 9.36 Å². The van der Waals surface area contributed by atoms with Gasteiger partial charge in [-0.1, -0.05) is 48.2 Å². The van der Waals surface area contributed by atoms with Gasteiger partial charge in [0.15, 0.2) is 5.16 Å². The Hall–Kier alpha value is -2.53. The molecule has 28 heavy (non-hydrogen) atoms. The summed E-state index contributed by atoms with van der Waals surface area (Å²) in [5, 5.41) is 0.670. The molecule has 1 aromatic heterocycles. The molecule has 1 amide bonds. The summed E-state index contributed by atoms with van der Waals surface area (Å²) >= 11 is 1.53. The number of benzene rings is 2. The van der Waals surface area contributed by atoms with Crippen molar-refractivity contribution in [1.82, 2.24) is 14.5 Å². The summed E-state index contributed by atoms with van der Waals surface area (Å²) in [6, 6.07) is 14.8. The van der Waals surface area contributed by atoms with Crippen LogP contribution in [0.5, 0.6) is 0 Å². The number of hydrogen-bond acceptors (Lipinski definition) is 3. The smallest absolute Gasteiger partial charge is 0.236 e. The maximum atomic E-state index is 13.1. The summed E-state index contributed by atoms with van der Waals surface area (Å²) < 4.78 is 2.09. The second-order valence-corrected chi connectivity index (χ2v) is 8.72. The summed E-state index contributed by atoms with van der Waals surface area (Å²) in [4.78, 5) is 19.6. The summed E-state index contributed by atoms with van der Waals surface area (Å²) in [5.74, 6) is 0.176. The number of aromatic nitrogens is 2. The fraction of sp³-hybridized carbons (Fsp3) is 0.304. The number of carbonyl (C=O) groups is 1. The zero-order chi connectivity index (χ0) is 19.7. The molecule has 1 unspecified atom stereocenters. The lowest BCUT2D eigenvalue weighted by Crippen LogP contribution is -2.40. The predicted octanol–water partition coefficient (Wildman–Crippen LogP) is 4.55. The first-order valence-corrected chi connectivity index (χ1v) is 10.5. The van der Waals surface area contributed by atoms with Crippen molar-refractivity contribution < 1.29 is 4.79 Å². The average molecular weight is 392 g/mol. The summed E-state index contributed by atoms with van der Waals surface area (Å²) in [5.41, 5.74) is 6.14. The van der Waals surface area contributed by atoms with Gasteiger partial charge in [0.05, 0.1) is 10.9 Å². The molecule has 0 bridgehead atoms. The Bertz CT molecular complexity index is 1010. The van der Waals surface area contributed by atoms with E-state index in [-0.39, 0.29) is 11.2 Å². The normalized spacial score (nSPS) is 14.6. The molecule has 3 aromatic rings. The maximum Gasteiger partial charge on any atom is 0.236 e. The van der Waals surface area contributed by atoms with Crippen molar-refractivity contribution in [3.05, 3.63) is 77.1 Å². The third-order valence-corrected chi connectivity index (χ3v) is 6.37. The van der Waals surface area contributed by atoms with Gasteiger partial charge in [0, 0.05) is 25.5 Å². The molecule has 4 rings (SSSR count). The van der Waals surface area contributed by atoms with Gasteiger partial charge in [0.1, 0.15) is 0 Å². The Labute approximate surface area is 170 Å². The third-order valence-electron chi connectivity index (χ3n) is 5.30. The van der Waals surface area contributed by atoms with Crippen LogP contribution in [0, 0.1) is 13.8 Å². The summed E-state index contributed by atoms with van der Waals surface area (Å²) in [7, 11) is 0. The van der Waals surface area contributed by atoms with Gasteiger partial charge in [-0.05, 0) is 55.5 Å². The quantitative estimate of drug-likeness (QED) is 0.612. The lowest BCUT2D eigenvalue weighted by atomic mass is 10.00. The van der Waals surface area contributed by atoms with Crippen LogP contribution in [0.2, 0.25) is 0 Å². The van der Waals surface area contributed by atoms with Gasteiger partial charge in [-0.25, -0.2) is 4.98 Å². The minimum absolute atomic E-state index is 0.176. The van der Waals surface area contributed by atoms with E-state index in [0.29, 0.717) is 6.54 Å². The number of thioether (sulfide) groups is 1. The molecule has 2 aromatic carbocycles. The lowest BCUT2D eigenvalue weighted by Gasteiger charge is -2.30. The zero-order valence-electron chi connectivity index (χ0n) is 16.6. The molecule has 1 aliphatic heterocycles. The minimum Gasteiger partial charge on any atom is -0.337 e. The van der Waals surface area contributed by atoms with Gasteiger partial charge in [0.25, 0.3) is 0 Å². The van der Waals surface area contributed by atoms with Gasteiger partial charge in [0.2, 0.25) is 5.91 Å². The number of carbonyl (C=O) groups excluding carboxylic acids is 1. The molecule has 144 valence electrons. The van der Waals surface area contributed by atoms with Crippen LogP contribution in [0.3, 0.4) is 0 Å². The molecule has 0 spiro atoms. The number of imidazole rings is 1. The number of rotatable bonds is 4. The lowest BCUT2D eigenvalue weighted by molar-refractivity contribution is -0.131. The first-order chi connectivity index (χ1) is 13.5. The van der Waals surface area contributed by atoms with E-state index in [1.807, 2.05) is 24.1 Å². The molecular formula is C23H25N3OS. The number of fused-ring (bicyclic) bond motifs is 1. The largest absolute Gasteiger partial charge is 0.337 e. The number of amides is 1. The van der Waals surface area contributed by atoms with Crippen molar-refractivity contribution in [2.75, 3.05) is 6.54 Å². The number of hydrogen-bond donors (Lipinski definition) is 0. The van der Waals surface area contributed by atoms with Crippen molar-refractivity contribution in [2.24, 2.45) is 0 Å². The third kappa shape index (κ3) is 3.72. The highest BCUT2D eigenvalue weighted by Crippen LogP contribution is 2.29. The highest BCUT2D eigenvalue weighted by molar-refractivity contribution is 8.00. The molecule has 0 radical (unpaired) electrons. The standard InChI is InChI=1S/C23H25N3OS/c1-16-8-9-17(2)21(14-16)26-13-11-24-23(26)28-18(3)22(27)25-12-10-19-6-4-5-7-20(19)15-25/h4-9,11,13-14,18H,10,12,15H2,1-3H3. The van der Waals surface area contributed by atoms with Gasteiger partial charge >= 0.3 is 0 Å². The van der Waals surface area contributed by atoms with E-state index >= 15 is 0 Å². The second kappa shape index (κ2) is 7.84. The van der Waals surface area contributed by atoms with E-state index in [2.05, 4.69) is 59.8 Å². The molecule has 1 atom stereocenters. The molecule has 1 aliphatic rings. The molecule has 0 N–H and O–H groups in total. The second-order valence-electron chi connectivity index (χ2n) is 7.41. The van der Waals surface area contributed by atoms with E-state index in [4.69, 9.17) is 0 Å². The van der Waals surface area contributed by atoms with Gasteiger partial charge in [-0.15, -0.1) is 0 Å². The topological polar surface area (TPSA) is 38.1 Å². The van der Waals surface area contributed by atoms with E-state index < -0.39 is 0 Å². The van der Waals surface area contributed by atoms with Crippen LogP contribution >= 0.6 is 11.8 Å². The Morgan fingerprint density at radius 2 is 1.93 bits per heavy atom. The number of nitrogens with zero attached hydrogens (tertiary/aromatic N) is 3. The molecule has 5 heteroatoms. The minimum atomic E-state index is -0.184. The predicted molar refractivity (Wildman–Crippen MR) is 114 cm³/mol. The highest BCUT2D eigenvalue weighted by Gasteiger charge is 2.26. The molecule has 0 aliphatic carbocycles. The summed E-state index contributed by atoms with van der Waals surface area (Å²) in [6.07, 6.45) is 4.70. The molecule has 4 nitrogen and oxygen atoms in total. The Balaban J connectivity index is 1.51. The van der Waals surface area contributed by atoms with Gasteiger partial charge < -0.3 is 4.90 Å². The van der Waals surface area contributed by atoms with Crippen molar-refractivity contribution >= 4 is 17.7 Å². The number of aryl methyl sites for hydroxylation is 2. The molecule has 0 saturated heterocycles. The monoisotopic (exact) mass is 391 g/mol. The average Bonchev–Trinajstić information content (AvgIpc) is 3.16. The first kappa shape index (κ1) is 18.8. The highest BCUT2D eigenvalue weighted by atomic mass is 32.2. The SMILES string of the molecule is Cc1ccc(C)c(-n2ccnc2SC(C)C(=O)N2CCc3ccccc3C2)c1. The Morgan fingerprint density at radius 3 is 2.75 bits per heavy atom. The summed E-state index contributed by atoms with van der Waals surface area (Å²) in [6.45, 7) is 7.66. The van der Waals surface area contributed by atoms with Crippen LogP contribution in [0.15, 0.2) is 60.0 Å². The van der Waals surface area contributed by atoms with Crippen molar-refractivity contribution in [1.29, 1.82) is 0 Å². The zero-order valence-corrected chi connectivity index (χ0v) is 17.4. The first-order valence-electron chi connectivity index (χ1n) is 9.66. The fourth-order valence-electron chi connectivity index (χ4n) is 3.69. The van der Waals surface area contributed by atoms with E-state index in [1.54, 1.807) is 6.20 Å². The van der Waals surface area contributed by atoms with Crippen LogP contribution < -0.4 is 0 Å². The maximum absolute atomic E-state index is 13.1. The van der Waals surface area contributed by atoms with Gasteiger partial charge in [-0.2, -0.15) is 0 Å². The Morgan fingerprint density at radius 1 is 1.14 bits per heavy atom. The Kier molecular flexibility index (Phi) is 5.27. The van der Waals surface area contributed by atoms with Crippen molar-refractivity contribution in [3.63, 3.8) is 0 Å². The van der Waals surface area contributed by atoms with Crippen molar-refractivity contribution in [2.45, 2.75) is 44.1 Å². The van der Waals surface area contributed by atoms with Crippen molar-refractivity contribution in [3.8, 4) is 5.69 Å². The van der Waals surface area contributed by atoms with Crippen LogP contribution in [0.4, 0.5) is 0 Å². The molecule has 0 fully saturated rings. The van der Waals surface area contributed by atoms with Crippen LogP contribution in [-0.2, 0) is 17.8 Å². The molecular weight excluding hydrogens is 366 g/mol. The van der Waals surface area contributed by atoms with Crippen LogP contribution in [0.25, 0.3) is 5.69 Å².